The van der Waals surface area contributed by atoms with Gasteiger partial charge in [0.15, 0.2) is 0 Å². The molecule has 0 saturated carbocycles. The summed E-state index contributed by atoms with van der Waals surface area (Å²) in [7, 11) is 3.02. The Kier molecular flexibility index (Phi) is 6.13. The summed E-state index contributed by atoms with van der Waals surface area (Å²) in [5.41, 5.74) is 1.10. The first-order valence-electron chi connectivity index (χ1n) is 8.78. The van der Waals surface area contributed by atoms with Crippen molar-refractivity contribution in [2.45, 2.75) is 18.9 Å². The van der Waals surface area contributed by atoms with Crippen molar-refractivity contribution in [1.82, 2.24) is 0 Å². The summed E-state index contributed by atoms with van der Waals surface area (Å²) in [6, 6.07) is 9.39. The monoisotopic (exact) mass is 374 g/mol. The van der Waals surface area contributed by atoms with E-state index in [4.69, 9.17) is 14.2 Å². The predicted octanol–water partition coefficient (Wildman–Crippen LogP) is 3.69. The molecule has 0 aliphatic carbocycles. The Labute approximate surface area is 157 Å². The largest absolute Gasteiger partial charge is 0.497 e. The van der Waals surface area contributed by atoms with E-state index in [1.165, 1.54) is 20.3 Å². The van der Waals surface area contributed by atoms with Crippen LogP contribution in [-0.2, 0) is 4.74 Å². The van der Waals surface area contributed by atoms with Crippen LogP contribution in [0.1, 0.15) is 23.2 Å². The van der Waals surface area contributed by atoms with Crippen molar-refractivity contribution in [1.29, 1.82) is 0 Å². The van der Waals surface area contributed by atoms with E-state index >= 15 is 0 Å². The van der Waals surface area contributed by atoms with Crippen LogP contribution in [0.5, 0.6) is 11.5 Å². The molecule has 1 aliphatic heterocycles. The molecule has 3 rings (SSSR count). The molecule has 0 bridgehead atoms. The van der Waals surface area contributed by atoms with Crippen molar-refractivity contribution in [3.63, 3.8) is 0 Å². The van der Waals surface area contributed by atoms with E-state index in [-0.39, 0.29) is 12.0 Å². The van der Waals surface area contributed by atoms with Crippen LogP contribution in [0.15, 0.2) is 36.4 Å². The maximum Gasteiger partial charge on any atom is 0.255 e. The van der Waals surface area contributed by atoms with Gasteiger partial charge in [-0.1, -0.05) is 0 Å². The molecule has 144 valence electrons. The van der Waals surface area contributed by atoms with Gasteiger partial charge in [-0.25, -0.2) is 4.39 Å². The molecule has 6 nitrogen and oxygen atoms in total. The molecular formula is C20H23FN2O4. The minimum atomic E-state index is -0.436. The number of ether oxygens (including phenoxy) is 3. The zero-order valence-electron chi connectivity index (χ0n) is 15.4. The molecule has 1 heterocycles. The molecule has 7 heteroatoms. The lowest BCUT2D eigenvalue weighted by Gasteiger charge is -2.14. The van der Waals surface area contributed by atoms with Gasteiger partial charge < -0.3 is 24.8 Å². The highest BCUT2D eigenvalue weighted by atomic mass is 19.1. The first kappa shape index (κ1) is 19.0. The van der Waals surface area contributed by atoms with Gasteiger partial charge in [0.1, 0.15) is 17.3 Å². The third-order valence-electron chi connectivity index (χ3n) is 4.38. The molecule has 2 N–H and O–H groups in total. The molecule has 0 spiro atoms. The molecule has 2 aromatic rings. The van der Waals surface area contributed by atoms with E-state index in [1.54, 1.807) is 30.3 Å². The van der Waals surface area contributed by atoms with Crippen molar-refractivity contribution in [2.24, 2.45) is 0 Å². The average molecular weight is 374 g/mol. The molecule has 1 aliphatic rings. The van der Waals surface area contributed by atoms with Crippen LogP contribution in [-0.4, -0.2) is 39.4 Å². The number of methoxy groups -OCH3 is 2. The second kappa shape index (κ2) is 8.73. The van der Waals surface area contributed by atoms with E-state index in [2.05, 4.69) is 10.6 Å². The number of hydrogen-bond acceptors (Lipinski definition) is 5. The molecule has 0 radical (unpaired) electrons. The summed E-state index contributed by atoms with van der Waals surface area (Å²) in [5, 5.41) is 5.74. The van der Waals surface area contributed by atoms with Gasteiger partial charge in [-0.05, 0) is 43.2 Å². The van der Waals surface area contributed by atoms with Gasteiger partial charge in [-0.15, -0.1) is 0 Å². The standard InChI is InChI=1S/C20H23FN2O4/c1-25-16-8-13(9-17(11-16)26-2)20(24)23-14-5-6-19(18(21)10-14)22-12-15-4-3-7-27-15/h5-6,8-11,15,22H,3-4,7,12H2,1-2H3,(H,23,24). The Morgan fingerprint density at radius 3 is 2.52 bits per heavy atom. The Hall–Kier alpha value is -2.80. The van der Waals surface area contributed by atoms with Crippen LogP contribution in [0, 0.1) is 5.82 Å². The number of anilines is 2. The number of hydrogen-bond donors (Lipinski definition) is 2. The maximum absolute atomic E-state index is 14.3. The Morgan fingerprint density at radius 2 is 1.93 bits per heavy atom. The van der Waals surface area contributed by atoms with Crippen molar-refractivity contribution < 1.29 is 23.4 Å². The molecule has 1 fully saturated rings. The number of nitrogens with one attached hydrogen (secondary N) is 2. The quantitative estimate of drug-likeness (QED) is 0.774. The number of carbonyl (C=O) groups excluding carboxylic acids is 1. The second-order valence-corrected chi connectivity index (χ2v) is 6.27. The summed E-state index contributed by atoms with van der Waals surface area (Å²) in [6.45, 7) is 1.32. The highest BCUT2D eigenvalue weighted by molar-refractivity contribution is 6.04. The fraction of sp³-hybridized carbons (Fsp3) is 0.350. The van der Waals surface area contributed by atoms with Crippen LogP contribution < -0.4 is 20.1 Å². The van der Waals surface area contributed by atoms with Crippen LogP contribution in [0.25, 0.3) is 0 Å². The molecule has 1 amide bonds. The Morgan fingerprint density at radius 1 is 1.19 bits per heavy atom. The molecule has 2 aromatic carbocycles. The lowest BCUT2D eigenvalue weighted by molar-refractivity contribution is 0.102. The SMILES string of the molecule is COc1cc(OC)cc(C(=O)Nc2ccc(NCC3CCCO3)c(F)c2)c1. The van der Waals surface area contributed by atoms with Gasteiger partial charge in [0.05, 0.1) is 26.0 Å². The summed E-state index contributed by atoms with van der Waals surface area (Å²) < 4.78 is 30.2. The molecule has 1 saturated heterocycles. The van der Waals surface area contributed by atoms with Crippen molar-refractivity contribution >= 4 is 17.3 Å². The van der Waals surface area contributed by atoms with E-state index in [0.717, 1.165) is 19.4 Å². The normalized spacial score (nSPS) is 16.0. The topological polar surface area (TPSA) is 68.8 Å². The number of carbonyl (C=O) groups is 1. The smallest absolute Gasteiger partial charge is 0.255 e. The van der Waals surface area contributed by atoms with E-state index < -0.39 is 5.82 Å². The van der Waals surface area contributed by atoms with Crippen LogP contribution in [0.3, 0.4) is 0 Å². The highest BCUT2D eigenvalue weighted by Crippen LogP contribution is 2.24. The molecule has 1 atom stereocenters. The van der Waals surface area contributed by atoms with E-state index in [0.29, 0.717) is 35.0 Å². The second-order valence-electron chi connectivity index (χ2n) is 6.27. The minimum absolute atomic E-state index is 0.117. The predicted molar refractivity (Wildman–Crippen MR) is 101 cm³/mol. The first-order chi connectivity index (χ1) is 13.1. The van der Waals surface area contributed by atoms with Crippen LogP contribution in [0.2, 0.25) is 0 Å². The van der Waals surface area contributed by atoms with E-state index in [1.807, 2.05) is 0 Å². The van der Waals surface area contributed by atoms with Crippen LogP contribution >= 0.6 is 0 Å². The number of rotatable bonds is 7. The summed E-state index contributed by atoms with van der Waals surface area (Å²) in [4.78, 5) is 12.5. The summed E-state index contributed by atoms with van der Waals surface area (Å²) >= 11 is 0. The first-order valence-corrected chi connectivity index (χ1v) is 8.78. The molecule has 1 unspecified atom stereocenters. The number of benzene rings is 2. The Bertz CT molecular complexity index is 784. The van der Waals surface area contributed by atoms with Crippen molar-refractivity contribution in [3.05, 3.63) is 47.8 Å². The lowest BCUT2D eigenvalue weighted by atomic mass is 10.1. The maximum atomic E-state index is 14.3. The zero-order valence-corrected chi connectivity index (χ0v) is 15.4. The molecule has 0 aromatic heterocycles. The van der Waals surface area contributed by atoms with Gasteiger partial charge in [0, 0.05) is 30.5 Å². The number of amides is 1. The van der Waals surface area contributed by atoms with Crippen molar-refractivity contribution in [2.75, 3.05) is 38.0 Å². The van der Waals surface area contributed by atoms with E-state index in [9.17, 15) is 9.18 Å². The summed E-state index contributed by atoms with van der Waals surface area (Å²) in [5.74, 6) is 0.180. The van der Waals surface area contributed by atoms with Gasteiger partial charge in [-0.2, -0.15) is 0 Å². The third-order valence-corrected chi connectivity index (χ3v) is 4.38. The lowest BCUT2D eigenvalue weighted by Crippen LogP contribution is -2.19. The summed E-state index contributed by atoms with van der Waals surface area (Å²) in [6.07, 6.45) is 2.13. The fourth-order valence-corrected chi connectivity index (χ4v) is 2.91. The van der Waals surface area contributed by atoms with Gasteiger partial charge >= 0.3 is 0 Å². The Balaban J connectivity index is 1.66. The molecular weight excluding hydrogens is 351 g/mol. The fourth-order valence-electron chi connectivity index (χ4n) is 2.91. The van der Waals surface area contributed by atoms with Gasteiger partial charge in [0.2, 0.25) is 0 Å². The highest BCUT2D eigenvalue weighted by Gasteiger charge is 2.16. The van der Waals surface area contributed by atoms with Gasteiger partial charge in [-0.3, -0.25) is 4.79 Å². The van der Waals surface area contributed by atoms with Gasteiger partial charge in [0.25, 0.3) is 5.91 Å². The third kappa shape index (κ3) is 4.89. The molecule has 27 heavy (non-hydrogen) atoms. The number of halogens is 1. The average Bonchev–Trinajstić information content (AvgIpc) is 3.20. The van der Waals surface area contributed by atoms with Crippen LogP contribution in [0.4, 0.5) is 15.8 Å². The minimum Gasteiger partial charge on any atom is -0.497 e. The zero-order chi connectivity index (χ0) is 19.2. The van der Waals surface area contributed by atoms with Crippen molar-refractivity contribution in [3.8, 4) is 11.5 Å².